The standard InChI is InChI=1S/C13H17N3O3S/c1-9(17)14-7-5-6-10-8-15-11(20-10)16-12(18)19-13(2,3)4/h8H,7H2,1-4H3,(H,14,17)(H,15,16,18). The minimum absolute atomic E-state index is 0.129. The highest BCUT2D eigenvalue weighted by Crippen LogP contribution is 2.18. The number of thiazole rings is 1. The van der Waals surface area contributed by atoms with Crippen LogP contribution in [0.3, 0.4) is 0 Å². The van der Waals surface area contributed by atoms with Gasteiger partial charge in [-0.25, -0.2) is 9.78 Å². The molecule has 2 amide bonds. The van der Waals surface area contributed by atoms with E-state index in [1.165, 1.54) is 18.3 Å². The molecule has 20 heavy (non-hydrogen) atoms. The predicted octanol–water partition coefficient (Wildman–Crippen LogP) is 1.98. The number of amides is 2. The maximum absolute atomic E-state index is 11.5. The van der Waals surface area contributed by atoms with Crippen molar-refractivity contribution in [3.63, 3.8) is 0 Å². The van der Waals surface area contributed by atoms with Crippen molar-refractivity contribution in [2.75, 3.05) is 11.9 Å². The number of carbonyl (C=O) groups is 2. The number of nitrogens with one attached hydrogen (secondary N) is 2. The minimum Gasteiger partial charge on any atom is -0.444 e. The van der Waals surface area contributed by atoms with Crippen molar-refractivity contribution in [1.82, 2.24) is 10.3 Å². The third-order valence-electron chi connectivity index (χ3n) is 1.75. The fourth-order valence-corrected chi connectivity index (χ4v) is 1.76. The van der Waals surface area contributed by atoms with Crippen molar-refractivity contribution >= 4 is 28.5 Å². The van der Waals surface area contributed by atoms with Crippen LogP contribution in [0.25, 0.3) is 0 Å². The van der Waals surface area contributed by atoms with E-state index in [2.05, 4.69) is 27.5 Å². The minimum atomic E-state index is -0.553. The normalized spacial score (nSPS) is 10.2. The summed E-state index contributed by atoms with van der Waals surface area (Å²) in [7, 11) is 0. The van der Waals surface area contributed by atoms with Crippen LogP contribution in [0.5, 0.6) is 0 Å². The van der Waals surface area contributed by atoms with E-state index in [1.54, 1.807) is 27.0 Å². The van der Waals surface area contributed by atoms with E-state index in [4.69, 9.17) is 4.74 Å². The molecule has 0 bridgehead atoms. The third-order valence-corrected chi connectivity index (χ3v) is 2.58. The first-order chi connectivity index (χ1) is 9.26. The Kier molecular flexibility index (Phi) is 5.53. The molecule has 0 fully saturated rings. The molecule has 0 saturated heterocycles. The Morgan fingerprint density at radius 3 is 2.75 bits per heavy atom. The van der Waals surface area contributed by atoms with E-state index in [0.29, 0.717) is 10.0 Å². The van der Waals surface area contributed by atoms with Crippen LogP contribution in [-0.2, 0) is 9.53 Å². The summed E-state index contributed by atoms with van der Waals surface area (Å²) in [4.78, 5) is 26.9. The smallest absolute Gasteiger partial charge is 0.413 e. The lowest BCUT2D eigenvalue weighted by Crippen LogP contribution is -2.27. The molecule has 1 aromatic rings. The first kappa shape index (κ1) is 16.0. The largest absolute Gasteiger partial charge is 0.444 e. The Labute approximate surface area is 121 Å². The van der Waals surface area contributed by atoms with E-state index in [9.17, 15) is 9.59 Å². The van der Waals surface area contributed by atoms with Crippen molar-refractivity contribution in [3.8, 4) is 11.8 Å². The number of rotatable bonds is 2. The Morgan fingerprint density at radius 2 is 2.15 bits per heavy atom. The molecule has 0 unspecified atom stereocenters. The molecule has 0 saturated carbocycles. The topological polar surface area (TPSA) is 80.3 Å². The zero-order valence-corrected chi connectivity index (χ0v) is 12.7. The first-order valence-electron chi connectivity index (χ1n) is 5.95. The van der Waals surface area contributed by atoms with Crippen LogP contribution in [0.2, 0.25) is 0 Å². The molecule has 108 valence electrons. The van der Waals surface area contributed by atoms with E-state index < -0.39 is 11.7 Å². The van der Waals surface area contributed by atoms with Gasteiger partial charge in [0.1, 0.15) is 5.60 Å². The Hall–Kier alpha value is -2.07. The van der Waals surface area contributed by atoms with Gasteiger partial charge in [-0.05, 0) is 20.8 Å². The Balaban J connectivity index is 2.51. The van der Waals surface area contributed by atoms with Gasteiger partial charge >= 0.3 is 6.09 Å². The van der Waals surface area contributed by atoms with Gasteiger partial charge in [0.05, 0.1) is 17.6 Å². The number of carbonyl (C=O) groups excluding carboxylic acids is 2. The van der Waals surface area contributed by atoms with E-state index in [0.717, 1.165) is 0 Å². The summed E-state index contributed by atoms with van der Waals surface area (Å²) in [5.41, 5.74) is -0.553. The van der Waals surface area contributed by atoms with Crippen molar-refractivity contribution < 1.29 is 14.3 Å². The van der Waals surface area contributed by atoms with E-state index in [1.807, 2.05) is 0 Å². The van der Waals surface area contributed by atoms with Gasteiger partial charge in [0, 0.05) is 6.92 Å². The van der Waals surface area contributed by atoms with Crippen LogP contribution >= 0.6 is 11.3 Å². The van der Waals surface area contributed by atoms with Crippen LogP contribution < -0.4 is 10.6 Å². The van der Waals surface area contributed by atoms with E-state index >= 15 is 0 Å². The third kappa shape index (κ3) is 6.75. The monoisotopic (exact) mass is 295 g/mol. The summed E-state index contributed by atoms with van der Waals surface area (Å²) in [5, 5.41) is 5.52. The zero-order chi connectivity index (χ0) is 15.2. The molecule has 2 N–H and O–H groups in total. The molecular formula is C13H17N3O3S. The fraction of sp³-hybridized carbons (Fsp3) is 0.462. The predicted molar refractivity (Wildman–Crippen MR) is 77.5 cm³/mol. The molecule has 0 spiro atoms. The van der Waals surface area contributed by atoms with Gasteiger partial charge in [-0.2, -0.15) is 0 Å². The lowest BCUT2D eigenvalue weighted by Gasteiger charge is -2.18. The highest BCUT2D eigenvalue weighted by atomic mass is 32.1. The molecule has 0 aliphatic heterocycles. The zero-order valence-electron chi connectivity index (χ0n) is 11.9. The van der Waals surface area contributed by atoms with Crippen LogP contribution in [0, 0.1) is 11.8 Å². The van der Waals surface area contributed by atoms with Crippen molar-refractivity contribution in [2.45, 2.75) is 33.3 Å². The van der Waals surface area contributed by atoms with Gasteiger partial charge < -0.3 is 10.1 Å². The maximum atomic E-state index is 11.5. The fourth-order valence-electron chi connectivity index (χ4n) is 1.08. The molecule has 0 atom stereocenters. The van der Waals surface area contributed by atoms with Crippen molar-refractivity contribution in [1.29, 1.82) is 0 Å². The van der Waals surface area contributed by atoms with E-state index in [-0.39, 0.29) is 12.5 Å². The number of nitrogens with zero attached hydrogens (tertiary/aromatic N) is 1. The Morgan fingerprint density at radius 1 is 1.45 bits per heavy atom. The molecule has 0 aromatic carbocycles. The molecule has 1 aromatic heterocycles. The summed E-state index contributed by atoms with van der Waals surface area (Å²) in [6.45, 7) is 7.06. The SMILES string of the molecule is CC(=O)NCC#Cc1cnc(NC(=O)OC(C)(C)C)s1. The summed E-state index contributed by atoms with van der Waals surface area (Å²) in [5.74, 6) is 5.49. The second-order valence-corrected chi connectivity index (χ2v) is 5.90. The second-order valence-electron chi connectivity index (χ2n) is 4.87. The van der Waals surface area contributed by atoms with Gasteiger partial charge in [0.15, 0.2) is 5.13 Å². The summed E-state index contributed by atoms with van der Waals surface area (Å²) in [6.07, 6.45) is 1.00. The molecule has 0 aliphatic carbocycles. The molecule has 1 heterocycles. The average Bonchev–Trinajstić information content (AvgIpc) is 2.69. The lowest BCUT2D eigenvalue weighted by molar-refractivity contribution is -0.118. The quantitative estimate of drug-likeness (QED) is 0.818. The van der Waals surface area contributed by atoms with Crippen LogP contribution in [0.15, 0.2) is 6.20 Å². The van der Waals surface area contributed by atoms with Gasteiger partial charge in [-0.15, -0.1) is 0 Å². The lowest BCUT2D eigenvalue weighted by atomic mass is 10.2. The highest BCUT2D eigenvalue weighted by Gasteiger charge is 2.17. The molecule has 6 nitrogen and oxygen atoms in total. The molecule has 0 aliphatic rings. The summed E-state index contributed by atoms with van der Waals surface area (Å²) in [6, 6.07) is 0. The highest BCUT2D eigenvalue weighted by molar-refractivity contribution is 7.16. The van der Waals surface area contributed by atoms with Crippen LogP contribution in [0.4, 0.5) is 9.93 Å². The van der Waals surface area contributed by atoms with Crippen molar-refractivity contribution in [2.24, 2.45) is 0 Å². The van der Waals surface area contributed by atoms with Crippen LogP contribution in [0.1, 0.15) is 32.6 Å². The summed E-state index contributed by atoms with van der Waals surface area (Å²) < 4.78 is 5.11. The Bertz CT molecular complexity index is 549. The number of aromatic nitrogens is 1. The molecule has 1 rings (SSSR count). The van der Waals surface area contributed by atoms with Gasteiger partial charge in [0.2, 0.25) is 5.91 Å². The van der Waals surface area contributed by atoms with Gasteiger partial charge in [0.25, 0.3) is 0 Å². The second kappa shape index (κ2) is 6.91. The van der Waals surface area contributed by atoms with Gasteiger partial charge in [-0.1, -0.05) is 23.2 Å². The van der Waals surface area contributed by atoms with Crippen molar-refractivity contribution in [3.05, 3.63) is 11.1 Å². The number of anilines is 1. The van der Waals surface area contributed by atoms with Crippen LogP contribution in [-0.4, -0.2) is 29.1 Å². The number of hydrogen-bond donors (Lipinski definition) is 2. The number of hydrogen-bond acceptors (Lipinski definition) is 5. The average molecular weight is 295 g/mol. The molecule has 0 radical (unpaired) electrons. The molecule has 7 heteroatoms. The maximum Gasteiger partial charge on any atom is 0.413 e. The van der Waals surface area contributed by atoms with Gasteiger partial charge in [-0.3, -0.25) is 10.1 Å². The summed E-state index contributed by atoms with van der Waals surface area (Å²) >= 11 is 1.24. The number of ether oxygens (including phenoxy) is 1. The first-order valence-corrected chi connectivity index (χ1v) is 6.77. The molecular weight excluding hydrogens is 278 g/mol.